The number of carboxylic acid groups (broad SMARTS) is 2. The van der Waals surface area contributed by atoms with Gasteiger partial charge in [-0.05, 0) is 18.3 Å². The monoisotopic (exact) mass is 266 g/mol. The SMILES string of the molecule is CCC(CC)(CCC#N)CC(C#N)(C(=O)O)C(=O)O. The molecule has 6 heteroatoms. The van der Waals surface area contributed by atoms with Gasteiger partial charge < -0.3 is 10.2 Å². The molecule has 0 saturated carbocycles. The molecule has 0 aromatic heterocycles. The highest BCUT2D eigenvalue weighted by atomic mass is 16.4. The van der Waals surface area contributed by atoms with Crippen LogP contribution in [0.5, 0.6) is 0 Å². The first-order valence-corrected chi connectivity index (χ1v) is 6.09. The summed E-state index contributed by atoms with van der Waals surface area (Å²) in [6.07, 6.45) is 1.36. The minimum Gasteiger partial charge on any atom is -0.480 e. The molecule has 0 aliphatic heterocycles. The molecule has 0 spiro atoms. The number of nitrogens with zero attached hydrogens (tertiary/aromatic N) is 2. The van der Waals surface area contributed by atoms with Gasteiger partial charge >= 0.3 is 11.9 Å². The number of hydrogen-bond acceptors (Lipinski definition) is 4. The Hall–Kier alpha value is -2.08. The molecule has 0 amide bonds. The van der Waals surface area contributed by atoms with Crippen LogP contribution in [0.25, 0.3) is 0 Å². The molecule has 19 heavy (non-hydrogen) atoms. The molecule has 0 aliphatic carbocycles. The Bertz CT molecular complexity index is 413. The molecule has 0 aromatic rings. The normalized spacial score (nSPS) is 11.4. The molecule has 0 saturated heterocycles. The summed E-state index contributed by atoms with van der Waals surface area (Å²) < 4.78 is 0. The standard InChI is InChI=1S/C13H18N2O4/c1-3-12(4-2,6-5-7-14)8-13(9-15,10(16)17)11(18)19/h3-6,8H2,1-2H3,(H,16,17)(H,18,19). The lowest BCUT2D eigenvalue weighted by molar-refractivity contribution is -0.162. The summed E-state index contributed by atoms with van der Waals surface area (Å²) in [6.45, 7) is 3.62. The van der Waals surface area contributed by atoms with E-state index in [1.165, 1.54) is 6.07 Å². The number of rotatable bonds is 8. The minimum absolute atomic E-state index is 0.211. The van der Waals surface area contributed by atoms with Crippen molar-refractivity contribution in [2.45, 2.75) is 46.0 Å². The molecule has 0 unspecified atom stereocenters. The van der Waals surface area contributed by atoms with Crippen LogP contribution in [0.2, 0.25) is 0 Å². The Kier molecular flexibility index (Phi) is 6.01. The Labute approximate surface area is 112 Å². The van der Waals surface area contributed by atoms with Crippen LogP contribution in [0.1, 0.15) is 46.0 Å². The molecule has 0 bridgehead atoms. The zero-order chi connectivity index (χ0) is 15.1. The molecule has 0 heterocycles. The predicted octanol–water partition coefficient (Wildman–Crippen LogP) is 2.17. The van der Waals surface area contributed by atoms with E-state index in [-0.39, 0.29) is 12.8 Å². The third-order valence-electron chi connectivity index (χ3n) is 3.83. The van der Waals surface area contributed by atoms with Gasteiger partial charge in [0.2, 0.25) is 0 Å². The van der Waals surface area contributed by atoms with E-state index in [9.17, 15) is 9.59 Å². The predicted molar refractivity (Wildman–Crippen MR) is 65.8 cm³/mol. The van der Waals surface area contributed by atoms with E-state index in [1.54, 1.807) is 0 Å². The first-order valence-electron chi connectivity index (χ1n) is 6.09. The van der Waals surface area contributed by atoms with Crippen molar-refractivity contribution in [3.8, 4) is 12.1 Å². The lowest BCUT2D eigenvalue weighted by atomic mass is 9.66. The first kappa shape index (κ1) is 16.9. The number of carboxylic acids is 2. The Morgan fingerprint density at radius 2 is 1.58 bits per heavy atom. The van der Waals surface area contributed by atoms with Crippen molar-refractivity contribution in [1.82, 2.24) is 0 Å². The summed E-state index contributed by atoms with van der Waals surface area (Å²) >= 11 is 0. The zero-order valence-corrected chi connectivity index (χ0v) is 11.1. The van der Waals surface area contributed by atoms with Crippen LogP contribution in [0.3, 0.4) is 0 Å². The Morgan fingerprint density at radius 1 is 1.11 bits per heavy atom. The smallest absolute Gasteiger partial charge is 0.335 e. The van der Waals surface area contributed by atoms with E-state index in [0.717, 1.165) is 0 Å². The average Bonchev–Trinajstić information content (AvgIpc) is 2.39. The van der Waals surface area contributed by atoms with Gasteiger partial charge in [-0.25, -0.2) is 9.59 Å². The van der Waals surface area contributed by atoms with Crippen LogP contribution >= 0.6 is 0 Å². The van der Waals surface area contributed by atoms with E-state index < -0.39 is 22.8 Å². The van der Waals surface area contributed by atoms with Crippen LogP contribution in [-0.2, 0) is 9.59 Å². The van der Waals surface area contributed by atoms with E-state index in [4.69, 9.17) is 20.7 Å². The molecule has 0 aromatic carbocycles. The molecule has 0 aliphatic rings. The van der Waals surface area contributed by atoms with E-state index in [1.807, 2.05) is 19.9 Å². The molecule has 6 nitrogen and oxygen atoms in total. The highest BCUT2D eigenvalue weighted by molar-refractivity contribution is 6.01. The van der Waals surface area contributed by atoms with Gasteiger partial charge in [-0.15, -0.1) is 0 Å². The average molecular weight is 266 g/mol. The summed E-state index contributed by atoms with van der Waals surface area (Å²) in [7, 11) is 0. The maximum Gasteiger partial charge on any atom is 0.335 e. The first-order chi connectivity index (χ1) is 8.84. The van der Waals surface area contributed by atoms with Gasteiger partial charge in [0.05, 0.1) is 12.1 Å². The summed E-state index contributed by atoms with van der Waals surface area (Å²) in [6, 6.07) is 3.41. The van der Waals surface area contributed by atoms with Gasteiger partial charge in [0.15, 0.2) is 0 Å². The van der Waals surface area contributed by atoms with Crippen LogP contribution < -0.4 is 0 Å². The fourth-order valence-corrected chi connectivity index (χ4v) is 2.20. The van der Waals surface area contributed by atoms with Gasteiger partial charge in [0.25, 0.3) is 5.41 Å². The van der Waals surface area contributed by atoms with Gasteiger partial charge in [-0.3, -0.25) is 0 Å². The lowest BCUT2D eigenvalue weighted by Gasteiger charge is -2.35. The fourth-order valence-electron chi connectivity index (χ4n) is 2.20. The van der Waals surface area contributed by atoms with Crippen LogP contribution in [0.4, 0.5) is 0 Å². The summed E-state index contributed by atoms with van der Waals surface area (Å²) in [4.78, 5) is 22.4. The second-order valence-corrected chi connectivity index (χ2v) is 4.67. The second kappa shape index (κ2) is 6.75. The second-order valence-electron chi connectivity index (χ2n) is 4.67. The number of carbonyl (C=O) groups is 2. The molecule has 0 atom stereocenters. The quantitative estimate of drug-likeness (QED) is 0.649. The maximum absolute atomic E-state index is 11.2. The summed E-state index contributed by atoms with van der Waals surface area (Å²) in [5, 5.41) is 35.9. The molecule has 2 N–H and O–H groups in total. The zero-order valence-electron chi connectivity index (χ0n) is 11.1. The van der Waals surface area contributed by atoms with Gasteiger partial charge in [-0.2, -0.15) is 10.5 Å². The van der Waals surface area contributed by atoms with E-state index >= 15 is 0 Å². The van der Waals surface area contributed by atoms with Crippen molar-refractivity contribution >= 4 is 11.9 Å². The van der Waals surface area contributed by atoms with Crippen molar-refractivity contribution in [3.63, 3.8) is 0 Å². The fraction of sp³-hybridized carbons (Fsp3) is 0.692. The molecular weight excluding hydrogens is 248 g/mol. The molecule has 0 rings (SSSR count). The molecular formula is C13H18N2O4. The molecule has 0 fully saturated rings. The summed E-state index contributed by atoms with van der Waals surface area (Å²) in [5.41, 5.74) is -3.07. The number of nitriles is 2. The van der Waals surface area contributed by atoms with Gasteiger partial charge in [-0.1, -0.05) is 26.7 Å². The largest absolute Gasteiger partial charge is 0.480 e. The van der Waals surface area contributed by atoms with Crippen molar-refractivity contribution in [3.05, 3.63) is 0 Å². The topological polar surface area (TPSA) is 122 Å². The van der Waals surface area contributed by atoms with Gasteiger partial charge in [0, 0.05) is 6.42 Å². The van der Waals surface area contributed by atoms with Crippen molar-refractivity contribution < 1.29 is 19.8 Å². The van der Waals surface area contributed by atoms with E-state index in [2.05, 4.69) is 0 Å². The van der Waals surface area contributed by atoms with Crippen molar-refractivity contribution in [2.24, 2.45) is 10.8 Å². The van der Waals surface area contributed by atoms with Gasteiger partial charge in [0.1, 0.15) is 0 Å². The van der Waals surface area contributed by atoms with Crippen LogP contribution in [0.15, 0.2) is 0 Å². The van der Waals surface area contributed by atoms with Crippen LogP contribution in [0, 0.1) is 33.5 Å². The molecule has 104 valence electrons. The highest BCUT2D eigenvalue weighted by Crippen LogP contribution is 2.43. The minimum atomic E-state index is -2.44. The third-order valence-corrected chi connectivity index (χ3v) is 3.83. The number of aliphatic carboxylic acids is 2. The summed E-state index contributed by atoms with van der Waals surface area (Å²) in [5.74, 6) is -3.29. The van der Waals surface area contributed by atoms with Crippen molar-refractivity contribution in [1.29, 1.82) is 10.5 Å². The van der Waals surface area contributed by atoms with Crippen LogP contribution in [-0.4, -0.2) is 22.2 Å². The molecule has 0 radical (unpaired) electrons. The Balaban J connectivity index is 5.52. The maximum atomic E-state index is 11.2. The third kappa shape index (κ3) is 3.45. The number of hydrogen-bond donors (Lipinski definition) is 2. The van der Waals surface area contributed by atoms with Crippen molar-refractivity contribution in [2.75, 3.05) is 0 Å². The lowest BCUT2D eigenvalue weighted by Crippen LogP contribution is -2.43. The Morgan fingerprint density at radius 3 is 1.84 bits per heavy atom. The van der Waals surface area contributed by atoms with E-state index in [0.29, 0.717) is 19.3 Å². The highest BCUT2D eigenvalue weighted by Gasteiger charge is 2.52.